The van der Waals surface area contributed by atoms with Crippen LogP contribution in [0.3, 0.4) is 0 Å². The predicted molar refractivity (Wildman–Crippen MR) is 255 cm³/mol. The first-order valence-electron chi connectivity index (χ1n) is 27.3. The van der Waals surface area contributed by atoms with Gasteiger partial charge >= 0.3 is 0 Å². The third kappa shape index (κ3) is 13.4. The second-order valence-electron chi connectivity index (χ2n) is 22.1. The quantitative estimate of drug-likeness (QED) is 0.107. The summed E-state index contributed by atoms with van der Waals surface area (Å²) < 4.78 is 81.7. The predicted octanol–water partition coefficient (Wildman–Crippen LogP) is -15.0. The molecular formula is C47H80N2O34. The van der Waals surface area contributed by atoms with Crippen molar-refractivity contribution in [1.82, 2.24) is 9.80 Å². The number of likely N-dealkylation sites (N-methyl/N-ethyl adjacent to an activating group) is 1. The van der Waals surface area contributed by atoms with Crippen LogP contribution in [0.5, 0.6) is 0 Å². The van der Waals surface area contributed by atoms with Crippen LogP contribution >= 0.6 is 0 Å². The number of piperazine rings is 1. The highest BCUT2D eigenvalue weighted by molar-refractivity contribution is 5.02. The van der Waals surface area contributed by atoms with E-state index in [0.717, 1.165) is 0 Å². The Hall–Kier alpha value is -1.44. The molecule has 83 heavy (non-hydrogen) atoms. The summed E-state index contributed by atoms with van der Waals surface area (Å²) in [4.78, 5) is 3.92. The van der Waals surface area contributed by atoms with Gasteiger partial charge in [-0.05, 0) is 7.05 Å². The van der Waals surface area contributed by atoms with Crippen molar-refractivity contribution >= 4 is 0 Å². The normalized spacial score (nSPS) is 53.8. The maximum atomic E-state index is 11.8. The zero-order chi connectivity index (χ0) is 60.0. The van der Waals surface area contributed by atoms with Gasteiger partial charge in [0.1, 0.15) is 171 Å². The Morgan fingerprint density at radius 1 is 0.241 bits per heavy atom. The summed E-state index contributed by atoms with van der Waals surface area (Å²) in [5.41, 5.74) is 0. The molecule has 22 heterocycles. The zero-order valence-electron chi connectivity index (χ0n) is 44.5. The number of hydrogen-bond acceptors (Lipinski definition) is 36. The molecule has 36 nitrogen and oxygen atoms in total. The van der Waals surface area contributed by atoms with E-state index in [1.165, 1.54) is 0 Å². The Labute approximate surface area is 471 Å². The lowest BCUT2D eigenvalue weighted by molar-refractivity contribution is -0.396. The van der Waals surface area contributed by atoms with Crippen molar-refractivity contribution in [3.63, 3.8) is 0 Å². The highest BCUT2D eigenvalue weighted by atomic mass is 16.8. The number of aliphatic hydroxyl groups excluding tert-OH is 20. The number of ether oxygens (including phenoxy) is 14. The average Bonchev–Trinajstić information content (AvgIpc) is 3.30. The van der Waals surface area contributed by atoms with E-state index < -0.39 is 255 Å². The van der Waals surface area contributed by atoms with E-state index in [-0.39, 0.29) is 6.54 Å². The third-order valence-corrected chi connectivity index (χ3v) is 16.6. The molecule has 0 radical (unpaired) electrons. The lowest BCUT2D eigenvalue weighted by atomic mass is 9.95. The summed E-state index contributed by atoms with van der Waals surface area (Å²) in [5.74, 6) is 0. The molecule has 20 N–H and O–H groups in total. The highest BCUT2D eigenvalue weighted by Crippen LogP contribution is 2.39. The minimum absolute atomic E-state index is 0.0806. The zero-order valence-corrected chi connectivity index (χ0v) is 44.5. The summed E-state index contributed by atoms with van der Waals surface area (Å²) in [5, 5.41) is 223. The van der Waals surface area contributed by atoms with E-state index in [9.17, 15) is 102 Å². The van der Waals surface area contributed by atoms with E-state index >= 15 is 0 Å². The molecule has 22 aliphatic rings. The van der Waals surface area contributed by atoms with Crippen LogP contribution in [0.1, 0.15) is 0 Å². The molecule has 0 aromatic heterocycles. The fraction of sp³-hybridized carbons (Fsp3) is 1.00. The van der Waals surface area contributed by atoms with E-state index in [4.69, 9.17) is 66.3 Å². The molecule has 0 spiro atoms. The van der Waals surface area contributed by atoms with Crippen molar-refractivity contribution in [2.24, 2.45) is 0 Å². The van der Waals surface area contributed by atoms with Crippen LogP contribution < -0.4 is 0 Å². The lowest BCUT2D eigenvalue weighted by Crippen LogP contribution is -2.68. The molecule has 22 rings (SSSR count). The topological polar surface area (TPSA) is 540 Å². The average molecular weight is 1220 g/mol. The standard InChI is InChI=1S/C47H80N2O34/c1-48-2-4-49(5-3-48)6-13-34-20(56)27(63)41(70-13)78-35-14(7-50)72-43(29(65)22(35)58)80-37-16(9-52)74-45(31(67)24(37)60)82-39-18(11-54)76-47(33(69)26(39)62)83-40-19(12-55)75-46(32(68)25(40)61)81-38-17(10-53)73-44(30(66)23(38)59)79-36-15(8-51)71-42(77-34)28(64)21(36)57/h13-47,50-69H,2-12H2,1H3/t13-,14+,15+,16+,17+,18+,19+,20+,21+,22+,23+,24+,25+,26+,27+,28+,29+,30+,31+,32+,33+,34+,35+,36+,37+,38+,39+,40+,41+,42+,43+,44+,45+,46+,47+/m0/s1. The van der Waals surface area contributed by atoms with E-state index in [0.29, 0.717) is 26.2 Å². The van der Waals surface area contributed by atoms with Gasteiger partial charge in [-0.3, -0.25) is 4.90 Å². The SMILES string of the molecule is CN1CCN(C[C@@H]2O[C@@H]3O[C@H]4[C@H](O)[C@@H](O)[C@@H](O[C@H]5[C@H](O)[C@@H](O)[C@@H](O[C@H]6[C@H](O)[C@@H](O)[C@@H](O[C@H]7[C@H](O)[C@@H](O)[C@@H](O[C@H]8[C@H](O)[C@@H](O)[C@@H](O[C@H]9[C@H](O)[C@@H](O)[C@@H](O[C@H]2[C@H](O)[C@H]3O)O[C@@H]9CO)O[C@@H]8CO)O[C@@H]7CO)O[C@@H]6CO)O[C@@H]5CO)O[C@@H]4CO)CC1. The first-order chi connectivity index (χ1) is 39.6. The molecule has 0 amide bonds. The molecule has 0 saturated carbocycles. The molecule has 35 atom stereocenters. The van der Waals surface area contributed by atoms with Gasteiger partial charge in [0.2, 0.25) is 0 Å². The molecule has 14 bridgehead atoms. The third-order valence-electron chi connectivity index (χ3n) is 16.6. The van der Waals surface area contributed by atoms with Crippen LogP contribution in [0.25, 0.3) is 0 Å². The second kappa shape index (κ2) is 28.2. The van der Waals surface area contributed by atoms with Crippen LogP contribution in [0.2, 0.25) is 0 Å². The van der Waals surface area contributed by atoms with E-state index in [2.05, 4.69) is 0 Å². The number of nitrogens with zero attached hydrogens (tertiary/aromatic N) is 2. The smallest absolute Gasteiger partial charge is 0.187 e. The Morgan fingerprint density at radius 2 is 0.410 bits per heavy atom. The van der Waals surface area contributed by atoms with Crippen LogP contribution in [0.15, 0.2) is 0 Å². The summed E-state index contributed by atoms with van der Waals surface area (Å²) in [7, 11) is 1.89. The Morgan fingerprint density at radius 3 is 0.590 bits per heavy atom. The summed E-state index contributed by atoms with van der Waals surface area (Å²) in [6, 6.07) is 0. The molecule has 22 fully saturated rings. The van der Waals surface area contributed by atoms with Crippen LogP contribution in [-0.4, -0.2) is 406 Å². The van der Waals surface area contributed by atoms with Gasteiger partial charge in [-0.2, -0.15) is 0 Å². The van der Waals surface area contributed by atoms with Crippen molar-refractivity contribution in [2.75, 3.05) is 79.4 Å². The first-order valence-corrected chi connectivity index (χ1v) is 27.3. The summed E-state index contributed by atoms with van der Waals surface area (Å²) in [6.45, 7) is -4.19. The van der Waals surface area contributed by atoms with Crippen molar-refractivity contribution in [3.8, 4) is 0 Å². The van der Waals surface area contributed by atoms with Gasteiger partial charge in [0.25, 0.3) is 0 Å². The minimum atomic E-state index is -2.20. The highest BCUT2D eigenvalue weighted by Gasteiger charge is 2.59. The van der Waals surface area contributed by atoms with Crippen molar-refractivity contribution in [1.29, 1.82) is 0 Å². The van der Waals surface area contributed by atoms with Crippen molar-refractivity contribution in [3.05, 3.63) is 0 Å². The summed E-state index contributed by atoms with van der Waals surface area (Å²) in [6.07, 6.45) is -68.6. The van der Waals surface area contributed by atoms with Gasteiger partial charge in [-0.15, -0.1) is 0 Å². The Kier molecular flexibility index (Phi) is 22.4. The van der Waals surface area contributed by atoms with Crippen molar-refractivity contribution < 1.29 is 168 Å². The monoisotopic (exact) mass is 1220 g/mol. The maximum absolute atomic E-state index is 11.8. The van der Waals surface area contributed by atoms with Gasteiger partial charge in [0, 0.05) is 32.7 Å². The number of aliphatic hydroxyl groups is 20. The molecule has 0 aliphatic carbocycles. The lowest BCUT2D eigenvalue weighted by Gasteiger charge is -2.50. The van der Waals surface area contributed by atoms with Crippen LogP contribution in [0, 0.1) is 0 Å². The van der Waals surface area contributed by atoms with Gasteiger partial charge < -0.3 is 173 Å². The molecule has 482 valence electrons. The fourth-order valence-electron chi connectivity index (χ4n) is 11.7. The largest absolute Gasteiger partial charge is 0.394 e. The van der Waals surface area contributed by atoms with Gasteiger partial charge in [-0.25, -0.2) is 0 Å². The van der Waals surface area contributed by atoms with Crippen molar-refractivity contribution in [2.45, 2.75) is 215 Å². The molecule has 0 aromatic carbocycles. The van der Waals surface area contributed by atoms with Gasteiger partial charge in [0.05, 0.1) is 39.6 Å². The van der Waals surface area contributed by atoms with E-state index in [1.807, 2.05) is 16.8 Å². The first kappa shape index (κ1) is 66.0. The molecular weight excluding hydrogens is 1140 g/mol. The molecule has 0 aromatic rings. The Balaban J connectivity index is 1.01. The maximum Gasteiger partial charge on any atom is 0.187 e. The van der Waals surface area contributed by atoms with Gasteiger partial charge in [0.15, 0.2) is 44.0 Å². The minimum Gasteiger partial charge on any atom is -0.394 e. The number of rotatable bonds is 8. The summed E-state index contributed by atoms with van der Waals surface area (Å²) >= 11 is 0. The molecule has 22 saturated heterocycles. The van der Waals surface area contributed by atoms with Crippen LogP contribution in [0.4, 0.5) is 0 Å². The molecule has 0 unspecified atom stereocenters. The Bertz CT molecular complexity index is 1990. The fourth-order valence-corrected chi connectivity index (χ4v) is 11.7. The molecule has 36 heteroatoms. The van der Waals surface area contributed by atoms with E-state index in [1.54, 1.807) is 0 Å². The second-order valence-corrected chi connectivity index (χ2v) is 22.1. The van der Waals surface area contributed by atoms with Gasteiger partial charge in [-0.1, -0.05) is 0 Å². The number of hydrogen-bond donors (Lipinski definition) is 20. The van der Waals surface area contributed by atoms with Crippen LogP contribution in [-0.2, 0) is 66.3 Å². The molecule has 22 aliphatic heterocycles.